The minimum absolute atomic E-state index is 0.0438. The minimum atomic E-state index is -4.47. The zero-order valence-corrected chi connectivity index (χ0v) is 17.5. The molecule has 1 amide bonds. The second kappa shape index (κ2) is 9.53. The molecule has 1 heterocycles. The summed E-state index contributed by atoms with van der Waals surface area (Å²) >= 11 is 0. The van der Waals surface area contributed by atoms with Gasteiger partial charge in [-0.2, -0.15) is 18.3 Å². The SMILES string of the molecule is COC(=O)CN(C)C(=O)CC1CCC(c2ccc(-c3cc(C(F)(F)F)n[nH]3)cc2)CC1. The van der Waals surface area contributed by atoms with Crippen molar-refractivity contribution in [2.75, 3.05) is 20.7 Å². The lowest BCUT2D eigenvalue weighted by atomic mass is 9.77. The number of hydrogen-bond donors (Lipinski definition) is 1. The molecule has 0 radical (unpaired) electrons. The molecule has 168 valence electrons. The van der Waals surface area contributed by atoms with Crippen LogP contribution in [0, 0.1) is 5.92 Å². The first-order chi connectivity index (χ1) is 14.7. The Morgan fingerprint density at radius 1 is 1.16 bits per heavy atom. The molecule has 0 spiro atoms. The Hall–Kier alpha value is -2.84. The van der Waals surface area contributed by atoms with Crippen LogP contribution >= 0.6 is 0 Å². The third-order valence-electron chi connectivity index (χ3n) is 5.89. The van der Waals surface area contributed by atoms with Crippen LogP contribution in [-0.2, 0) is 20.5 Å². The quantitative estimate of drug-likeness (QED) is 0.680. The summed E-state index contributed by atoms with van der Waals surface area (Å²) in [4.78, 5) is 25.0. The molecule has 0 aliphatic heterocycles. The number of amides is 1. The number of aromatic nitrogens is 2. The average Bonchev–Trinajstić information content (AvgIpc) is 3.25. The first-order valence-electron chi connectivity index (χ1n) is 10.2. The highest BCUT2D eigenvalue weighted by molar-refractivity contribution is 5.81. The van der Waals surface area contributed by atoms with Crippen molar-refractivity contribution in [1.82, 2.24) is 15.1 Å². The topological polar surface area (TPSA) is 75.3 Å². The molecule has 31 heavy (non-hydrogen) atoms. The maximum Gasteiger partial charge on any atom is 0.435 e. The van der Waals surface area contributed by atoms with Crippen molar-refractivity contribution < 1.29 is 27.5 Å². The van der Waals surface area contributed by atoms with Crippen LogP contribution in [0.15, 0.2) is 30.3 Å². The van der Waals surface area contributed by atoms with Gasteiger partial charge in [0.1, 0.15) is 6.54 Å². The normalized spacial score (nSPS) is 19.1. The first-order valence-corrected chi connectivity index (χ1v) is 10.2. The van der Waals surface area contributed by atoms with Gasteiger partial charge in [-0.25, -0.2) is 0 Å². The van der Waals surface area contributed by atoms with Crippen molar-refractivity contribution >= 4 is 11.9 Å². The molecular formula is C22H26F3N3O3. The Bertz CT molecular complexity index is 901. The fourth-order valence-corrected chi connectivity index (χ4v) is 4.00. The van der Waals surface area contributed by atoms with Gasteiger partial charge in [0, 0.05) is 13.5 Å². The molecule has 3 rings (SSSR count). The van der Waals surface area contributed by atoms with Crippen LogP contribution in [0.5, 0.6) is 0 Å². The maximum atomic E-state index is 12.7. The van der Waals surface area contributed by atoms with E-state index >= 15 is 0 Å². The zero-order chi connectivity index (χ0) is 22.6. The second-order valence-electron chi connectivity index (χ2n) is 8.03. The summed E-state index contributed by atoms with van der Waals surface area (Å²) in [5, 5.41) is 5.78. The molecule has 1 aliphatic rings. The van der Waals surface area contributed by atoms with Gasteiger partial charge in [-0.3, -0.25) is 14.7 Å². The lowest BCUT2D eigenvalue weighted by Crippen LogP contribution is -2.34. The fraction of sp³-hybridized carbons (Fsp3) is 0.500. The molecule has 1 N–H and O–H groups in total. The number of hydrogen-bond acceptors (Lipinski definition) is 4. The highest BCUT2D eigenvalue weighted by Gasteiger charge is 2.34. The van der Waals surface area contributed by atoms with Gasteiger partial charge >= 0.3 is 12.1 Å². The van der Waals surface area contributed by atoms with Crippen molar-refractivity contribution in [3.05, 3.63) is 41.6 Å². The lowest BCUT2D eigenvalue weighted by Gasteiger charge is -2.29. The third kappa shape index (κ3) is 5.86. The number of carbonyl (C=O) groups is 2. The number of methoxy groups -OCH3 is 1. The van der Waals surface area contributed by atoms with E-state index in [0.717, 1.165) is 37.3 Å². The number of benzene rings is 1. The lowest BCUT2D eigenvalue weighted by molar-refractivity contribution is -0.146. The van der Waals surface area contributed by atoms with Gasteiger partial charge in [0.15, 0.2) is 5.69 Å². The zero-order valence-electron chi connectivity index (χ0n) is 17.5. The number of nitrogens with zero attached hydrogens (tertiary/aromatic N) is 2. The Balaban J connectivity index is 1.52. The van der Waals surface area contributed by atoms with Crippen molar-refractivity contribution in [1.29, 1.82) is 0 Å². The van der Waals surface area contributed by atoms with Crippen molar-refractivity contribution in [2.24, 2.45) is 5.92 Å². The van der Waals surface area contributed by atoms with Crippen LogP contribution in [-0.4, -0.2) is 47.7 Å². The molecule has 0 bridgehead atoms. The number of aromatic amines is 1. The van der Waals surface area contributed by atoms with E-state index in [0.29, 0.717) is 23.6 Å². The monoisotopic (exact) mass is 437 g/mol. The molecule has 1 saturated carbocycles. The first kappa shape index (κ1) is 22.8. The summed E-state index contributed by atoms with van der Waals surface area (Å²) in [6, 6.07) is 8.52. The number of likely N-dealkylation sites (N-methyl/N-ethyl adjacent to an activating group) is 1. The minimum Gasteiger partial charge on any atom is -0.468 e. The van der Waals surface area contributed by atoms with E-state index < -0.39 is 17.8 Å². The second-order valence-corrected chi connectivity index (χ2v) is 8.03. The smallest absolute Gasteiger partial charge is 0.435 e. The summed E-state index contributed by atoms with van der Waals surface area (Å²) in [5.41, 5.74) is 1.19. The highest BCUT2D eigenvalue weighted by atomic mass is 19.4. The molecule has 1 aromatic carbocycles. The number of ether oxygens (including phenoxy) is 1. The molecular weight excluding hydrogens is 411 g/mol. The molecule has 2 aromatic rings. The Morgan fingerprint density at radius 3 is 2.35 bits per heavy atom. The number of alkyl halides is 3. The number of nitrogens with one attached hydrogen (secondary N) is 1. The van der Waals surface area contributed by atoms with Crippen LogP contribution in [0.2, 0.25) is 0 Å². The molecule has 1 aliphatic carbocycles. The summed E-state index contributed by atoms with van der Waals surface area (Å²) < 4.78 is 42.8. The highest BCUT2D eigenvalue weighted by Crippen LogP contribution is 2.38. The van der Waals surface area contributed by atoms with E-state index in [1.165, 1.54) is 12.0 Å². The van der Waals surface area contributed by atoms with E-state index in [1.807, 2.05) is 12.1 Å². The van der Waals surface area contributed by atoms with E-state index in [9.17, 15) is 22.8 Å². The predicted molar refractivity (Wildman–Crippen MR) is 108 cm³/mol. The molecule has 0 saturated heterocycles. The molecule has 0 unspecified atom stereocenters. The van der Waals surface area contributed by atoms with Crippen LogP contribution in [0.4, 0.5) is 13.2 Å². The van der Waals surface area contributed by atoms with Gasteiger partial charge in [0.05, 0.1) is 12.8 Å². The summed E-state index contributed by atoms with van der Waals surface area (Å²) in [6.07, 6.45) is -0.330. The maximum absolute atomic E-state index is 12.7. The number of rotatable bonds is 6. The Morgan fingerprint density at radius 2 is 1.81 bits per heavy atom. The van der Waals surface area contributed by atoms with Crippen LogP contribution in [0.3, 0.4) is 0 Å². The van der Waals surface area contributed by atoms with E-state index in [2.05, 4.69) is 14.9 Å². The Labute approximate surface area is 178 Å². The summed E-state index contributed by atoms with van der Waals surface area (Å²) in [5.74, 6) is 0.151. The Kier molecular flexibility index (Phi) is 7.02. The van der Waals surface area contributed by atoms with Crippen LogP contribution < -0.4 is 0 Å². The van der Waals surface area contributed by atoms with Gasteiger partial charge in [0.25, 0.3) is 0 Å². The molecule has 6 nitrogen and oxygen atoms in total. The van der Waals surface area contributed by atoms with Crippen LogP contribution in [0.25, 0.3) is 11.3 Å². The van der Waals surface area contributed by atoms with Crippen LogP contribution in [0.1, 0.15) is 49.3 Å². The predicted octanol–water partition coefficient (Wildman–Crippen LogP) is 4.39. The number of H-pyrrole nitrogens is 1. The number of carbonyl (C=O) groups excluding carboxylic acids is 2. The standard InChI is InChI=1S/C22H26F3N3O3/c1-28(13-21(30)31-2)20(29)11-14-3-5-15(6-4-14)16-7-9-17(10-8-16)18-12-19(27-26-18)22(23,24)25/h7-10,12,14-15H,3-6,11,13H2,1-2H3,(H,26,27). The largest absolute Gasteiger partial charge is 0.468 e. The number of esters is 1. The average molecular weight is 437 g/mol. The van der Waals surface area contributed by atoms with Crippen molar-refractivity contribution in [3.8, 4) is 11.3 Å². The van der Waals surface area contributed by atoms with E-state index in [4.69, 9.17) is 0 Å². The van der Waals surface area contributed by atoms with Gasteiger partial charge in [0.2, 0.25) is 5.91 Å². The van der Waals surface area contributed by atoms with Gasteiger partial charge < -0.3 is 9.64 Å². The molecule has 0 atom stereocenters. The molecule has 1 aromatic heterocycles. The third-order valence-corrected chi connectivity index (χ3v) is 5.89. The van der Waals surface area contributed by atoms with Gasteiger partial charge in [-0.05, 0) is 54.7 Å². The van der Waals surface area contributed by atoms with Gasteiger partial charge in [-0.15, -0.1) is 0 Å². The molecule has 1 fully saturated rings. The van der Waals surface area contributed by atoms with Crippen molar-refractivity contribution in [3.63, 3.8) is 0 Å². The summed E-state index contributed by atoms with van der Waals surface area (Å²) in [6.45, 7) is -0.0438. The summed E-state index contributed by atoms with van der Waals surface area (Å²) in [7, 11) is 2.90. The number of halogens is 3. The fourth-order valence-electron chi connectivity index (χ4n) is 4.00. The van der Waals surface area contributed by atoms with Gasteiger partial charge in [-0.1, -0.05) is 24.3 Å². The molecule has 9 heteroatoms. The van der Waals surface area contributed by atoms with Crippen molar-refractivity contribution in [2.45, 2.75) is 44.2 Å². The van der Waals surface area contributed by atoms with E-state index in [-0.39, 0.29) is 18.4 Å². The van der Waals surface area contributed by atoms with E-state index in [1.54, 1.807) is 19.2 Å².